The molecule has 0 radical (unpaired) electrons. The molecule has 96 valence electrons. The number of ketones is 1. The van der Waals surface area contributed by atoms with Gasteiger partial charge < -0.3 is 15.0 Å². The van der Waals surface area contributed by atoms with Gasteiger partial charge in [-0.3, -0.25) is 14.4 Å². The first-order chi connectivity index (χ1) is 8.09. The summed E-state index contributed by atoms with van der Waals surface area (Å²) in [6.45, 7) is 4.01. The number of hydrogen-bond acceptors (Lipinski definition) is 4. The Morgan fingerprint density at radius 1 is 1.24 bits per heavy atom. The molecule has 0 aromatic rings. The van der Waals surface area contributed by atoms with E-state index in [1.807, 2.05) is 0 Å². The van der Waals surface area contributed by atoms with E-state index in [1.54, 1.807) is 4.90 Å². The molecule has 0 aromatic heterocycles. The third kappa shape index (κ3) is 5.44. The maximum Gasteiger partial charge on any atom is 0.227 e. The maximum atomic E-state index is 11.7. The van der Waals surface area contributed by atoms with Gasteiger partial charge >= 0.3 is 0 Å². The Labute approximate surface area is 100 Å². The lowest BCUT2D eigenvalue weighted by Crippen LogP contribution is -2.42. The molecular formula is C11H18N2O4. The number of ether oxygens (including phenoxy) is 1. The monoisotopic (exact) mass is 242 g/mol. The lowest BCUT2D eigenvalue weighted by Gasteiger charge is -2.26. The van der Waals surface area contributed by atoms with Crippen LogP contribution in [0.1, 0.15) is 19.8 Å². The second-order valence-corrected chi connectivity index (χ2v) is 3.97. The lowest BCUT2D eigenvalue weighted by atomic mass is 10.3. The fourth-order valence-electron chi connectivity index (χ4n) is 1.57. The molecule has 1 aliphatic rings. The zero-order valence-corrected chi connectivity index (χ0v) is 10.0. The first kappa shape index (κ1) is 13.6. The minimum atomic E-state index is -0.327. The Kier molecular flexibility index (Phi) is 5.62. The summed E-state index contributed by atoms with van der Waals surface area (Å²) in [6.07, 6.45) is 0.148. The highest BCUT2D eigenvalue weighted by molar-refractivity contribution is 5.96. The van der Waals surface area contributed by atoms with Crippen LogP contribution in [0.25, 0.3) is 0 Å². The third-order valence-electron chi connectivity index (χ3n) is 2.43. The van der Waals surface area contributed by atoms with Crippen LogP contribution in [0.2, 0.25) is 0 Å². The summed E-state index contributed by atoms with van der Waals surface area (Å²) in [5.41, 5.74) is 0. The van der Waals surface area contributed by atoms with Gasteiger partial charge in [-0.25, -0.2) is 0 Å². The fraction of sp³-hybridized carbons (Fsp3) is 0.727. The summed E-state index contributed by atoms with van der Waals surface area (Å²) in [4.78, 5) is 35.2. The van der Waals surface area contributed by atoms with Crippen LogP contribution in [-0.2, 0) is 19.1 Å². The van der Waals surface area contributed by atoms with Gasteiger partial charge in [-0.1, -0.05) is 0 Å². The van der Waals surface area contributed by atoms with Crippen molar-refractivity contribution in [3.05, 3.63) is 0 Å². The minimum absolute atomic E-state index is 0.0106. The van der Waals surface area contributed by atoms with Gasteiger partial charge in [-0.15, -0.1) is 0 Å². The van der Waals surface area contributed by atoms with Crippen LogP contribution >= 0.6 is 0 Å². The van der Waals surface area contributed by atoms with E-state index < -0.39 is 0 Å². The van der Waals surface area contributed by atoms with E-state index in [1.165, 1.54) is 6.92 Å². The smallest absolute Gasteiger partial charge is 0.227 e. The van der Waals surface area contributed by atoms with Crippen molar-refractivity contribution < 1.29 is 19.1 Å². The summed E-state index contributed by atoms with van der Waals surface area (Å²) in [5, 5.41) is 2.55. The highest BCUT2D eigenvalue weighted by atomic mass is 16.5. The number of Topliss-reactive ketones (excluding diaryl/α,β-unsaturated/α-hetero) is 1. The number of carbonyl (C=O) groups is 3. The van der Waals surface area contributed by atoms with Crippen LogP contribution in [0.4, 0.5) is 0 Å². The molecule has 0 atom stereocenters. The van der Waals surface area contributed by atoms with Crippen molar-refractivity contribution in [1.82, 2.24) is 10.2 Å². The highest BCUT2D eigenvalue weighted by Crippen LogP contribution is 1.99. The molecular weight excluding hydrogens is 224 g/mol. The zero-order valence-electron chi connectivity index (χ0n) is 10.0. The van der Waals surface area contributed by atoms with Gasteiger partial charge in [0.25, 0.3) is 0 Å². The average molecular weight is 242 g/mol. The number of hydrogen-bond donors (Lipinski definition) is 1. The molecule has 0 unspecified atom stereocenters. The van der Waals surface area contributed by atoms with Crippen LogP contribution in [0.5, 0.6) is 0 Å². The molecule has 2 amide bonds. The van der Waals surface area contributed by atoms with Crippen molar-refractivity contribution in [2.75, 3.05) is 32.8 Å². The number of nitrogens with one attached hydrogen (secondary N) is 1. The molecule has 0 aromatic carbocycles. The molecule has 1 fully saturated rings. The van der Waals surface area contributed by atoms with Crippen molar-refractivity contribution in [3.63, 3.8) is 0 Å². The second kappa shape index (κ2) is 7.01. The number of morpholine rings is 1. The summed E-state index contributed by atoms with van der Waals surface area (Å²) in [6, 6.07) is 0. The maximum absolute atomic E-state index is 11.7. The minimum Gasteiger partial charge on any atom is -0.378 e. The van der Waals surface area contributed by atoms with Crippen LogP contribution in [0, 0.1) is 0 Å². The van der Waals surface area contributed by atoms with Gasteiger partial charge in [0.05, 0.1) is 19.6 Å². The van der Waals surface area contributed by atoms with Gasteiger partial charge in [0.15, 0.2) is 0 Å². The zero-order chi connectivity index (χ0) is 12.7. The van der Waals surface area contributed by atoms with Gasteiger partial charge in [0.1, 0.15) is 5.78 Å². The molecule has 0 spiro atoms. The van der Waals surface area contributed by atoms with Crippen molar-refractivity contribution in [2.45, 2.75) is 19.8 Å². The largest absolute Gasteiger partial charge is 0.378 e. The van der Waals surface area contributed by atoms with Crippen LogP contribution < -0.4 is 5.32 Å². The molecule has 6 nitrogen and oxygen atoms in total. The summed E-state index contributed by atoms with van der Waals surface area (Å²) < 4.78 is 5.14. The lowest BCUT2D eigenvalue weighted by molar-refractivity contribution is -0.135. The topological polar surface area (TPSA) is 75.7 Å². The SMILES string of the molecule is CC(=O)CC(=O)NCCC(=O)N1CCOCC1. The number of carbonyl (C=O) groups excluding carboxylic acids is 3. The molecule has 1 saturated heterocycles. The van der Waals surface area contributed by atoms with E-state index in [2.05, 4.69) is 5.32 Å². The normalized spacial score (nSPS) is 15.5. The summed E-state index contributed by atoms with van der Waals surface area (Å²) >= 11 is 0. The van der Waals surface area contributed by atoms with Crippen LogP contribution in [0.15, 0.2) is 0 Å². The molecule has 17 heavy (non-hydrogen) atoms. The Bertz CT molecular complexity index is 298. The van der Waals surface area contributed by atoms with E-state index in [4.69, 9.17) is 4.74 Å². The molecule has 1 N–H and O–H groups in total. The molecule has 1 aliphatic heterocycles. The van der Waals surface area contributed by atoms with E-state index in [-0.39, 0.29) is 37.0 Å². The standard InChI is InChI=1S/C11H18N2O4/c1-9(14)8-10(15)12-3-2-11(16)13-4-6-17-7-5-13/h2-8H2,1H3,(H,12,15). The number of rotatable bonds is 5. The number of amides is 2. The van der Waals surface area contributed by atoms with Crippen molar-refractivity contribution >= 4 is 17.6 Å². The van der Waals surface area contributed by atoms with E-state index in [0.717, 1.165) is 0 Å². The van der Waals surface area contributed by atoms with E-state index >= 15 is 0 Å². The van der Waals surface area contributed by atoms with Crippen LogP contribution in [-0.4, -0.2) is 55.3 Å². The van der Waals surface area contributed by atoms with Crippen molar-refractivity contribution in [3.8, 4) is 0 Å². The molecule has 6 heteroatoms. The number of nitrogens with zero attached hydrogens (tertiary/aromatic N) is 1. The first-order valence-corrected chi connectivity index (χ1v) is 5.71. The molecule has 0 saturated carbocycles. The second-order valence-electron chi connectivity index (χ2n) is 3.97. The molecule has 0 bridgehead atoms. The van der Waals surface area contributed by atoms with Crippen molar-refractivity contribution in [1.29, 1.82) is 0 Å². The van der Waals surface area contributed by atoms with Gasteiger partial charge in [0, 0.05) is 26.1 Å². The fourth-order valence-corrected chi connectivity index (χ4v) is 1.57. The quantitative estimate of drug-likeness (QED) is 0.649. The Balaban J connectivity index is 2.15. The molecule has 0 aliphatic carbocycles. The average Bonchev–Trinajstić information content (AvgIpc) is 2.29. The molecule has 1 heterocycles. The highest BCUT2D eigenvalue weighted by Gasteiger charge is 2.16. The van der Waals surface area contributed by atoms with Crippen molar-refractivity contribution in [2.24, 2.45) is 0 Å². The van der Waals surface area contributed by atoms with Gasteiger partial charge in [-0.2, -0.15) is 0 Å². The Morgan fingerprint density at radius 3 is 2.47 bits per heavy atom. The van der Waals surface area contributed by atoms with E-state index in [9.17, 15) is 14.4 Å². The Hall–Kier alpha value is -1.43. The molecule has 1 rings (SSSR count). The predicted octanol–water partition coefficient (Wildman–Crippen LogP) is -0.669. The van der Waals surface area contributed by atoms with Gasteiger partial charge in [0.2, 0.25) is 11.8 Å². The van der Waals surface area contributed by atoms with E-state index in [0.29, 0.717) is 26.3 Å². The summed E-state index contributed by atoms with van der Waals surface area (Å²) in [7, 11) is 0. The third-order valence-corrected chi connectivity index (χ3v) is 2.43. The van der Waals surface area contributed by atoms with Crippen LogP contribution in [0.3, 0.4) is 0 Å². The first-order valence-electron chi connectivity index (χ1n) is 5.71. The predicted molar refractivity (Wildman–Crippen MR) is 60.3 cm³/mol. The Morgan fingerprint density at radius 2 is 1.88 bits per heavy atom. The summed E-state index contributed by atoms with van der Waals surface area (Å²) in [5.74, 6) is -0.495. The van der Waals surface area contributed by atoms with Gasteiger partial charge in [-0.05, 0) is 6.92 Å².